The second kappa shape index (κ2) is 4.12. The fourth-order valence-corrected chi connectivity index (χ4v) is 4.04. The summed E-state index contributed by atoms with van der Waals surface area (Å²) >= 11 is 0. The van der Waals surface area contributed by atoms with Crippen molar-refractivity contribution in [3.8, 4) is 0 Å². The van der Waals surface area contributed by atoms with Crippen molar-refractivity contribution in [2.75, 3.05) is 0 Å². The van der Waals surface area contributed by atoms with Crippen LogP contribution in [0.25, 0.3) is 10.8 Å². The molecule has 2 aromatic rings. The molecule has 0 heterocycles. The van der Waals surface area contributed by atoms with Crippen molar-refractivity contribution in [3.05, 3.63) is 47.0 Å². The van der Waals surface area contributed by atoms with Gasteiger partial charge in [-0.05, 0) is 59.1 Å². The molecule has 0 saturated heterocycles. The highest BCUT2D eigenvalue weighted by Gasteiger charge is 2.21. The summed E-state index contributed by atoms with van der Waals surface area (Å²) in [6.07, 6.45) is 9.60. The van der Waals surface area contributed by atoms with Gasteiger partial charge in [-0.2, -0.15) is 0 Å². The van der Waals surface area contributed by atoms with Crippen LogP contribution in [-0.4, -0.2) is 0 Å². The van der Waals surface area contributed by atoms with Crippen LogP contribution in [0.3, 0.4) is 0 Å². The van der Waals surface area contributed by atoms with Crippen molar-refractivity contribution >= 4 is 10.8 Å². The first-order valence-electron chi connectivity index (χ1n) is 7.47. The summed E-state index contributed by atoms with van der Waals surface area (Å²) in [5.74, 6) is 0.823. The van der Waals surface area contributed by atoms with Gasteiger partial charge in [-0.15, -0.1) is 0 Å². The van der Waals surface area contributed by atoms with Gasteiger partial charge in [0.25, 0.3) is 0 Å². The van der Waals surface area contributed by atoms with Gasteiger partial charge in [0.05, 0.1) is 0 Å². The van der Waals surface area contributed by atoms with Crippen LogP contribution in [0.1, 0.15) is 54.7 Å². The molecule has 0 radical (unpaired) electrons. The molecular formula is C18H20. The molecule has 1 saturated carbocycles. The largest absolute Gasteiger partial charge is 0.0613 e. The lowest BCUT2D eigenvalue weighted by Gasteiger charge is -2.23. The Morgan fingerprint density at radius 3 is 2.39 bits per heavy atom. The Balaban J connectivity index is 1.91. The summed E-state index contributed by atoms with van der Waals surface area (Å²) in [6.45, 7) is 0. The number of aryl methyl sites for hydroxylation is 2. The van der Waals surface area contributed by atoms with Crippen LogP contribution in [0.4, 0.5) is 0 Å². The summed E-state index contributed by atoms with van der Waals surface area (Å²) in [5, 5.41) is 3.16. The van der Waals surface area contributed by atoms with Gasteiger partial charge in [0.15, 0.2) is 0 Å². The molecule has 2 aliphatic rings. The average Bonchev–Trinajstić information content (AvgIpc) is 2.86. The van der Waals surface area contributed by atoms with E-state index in [1.54, 1.807) is 27.5 Å². The normalized spacial score (nSPS) is 19.6. The molecule has 2 aliphatic carbocycles. The Kier molecular flexibility index (Phi) is 2.43. The zero-order valence-corrected chi connectivity index (χ0v) is 10.9. The van der Waals surface area contributed by atoms with E-state index in [0.717, 1.165) is 5.92 Å². The standard InChI is InChI=1S/C18H20/c1-2-5-13(6-3-1)16-12-11-15-10-9-14-7-4-8-17(16)18(14)15/h4,7-8,11-13H,1-3,5-6,9-10H2. The van der Waals surface area contributed by atoms with E-state index in [1.807, 2.05) is 0 Å². The predicted octanol–water partition coefficient (Wildman–Crippen LogP) is 4.99. The van der Waals surface area contributed by atoms with Crippen molar-refractivity contribution < 1.29 is 0 Å². The number of benzene rings is 2. The summed E-state index contributed by atoms with van der Waals surface area (Å²) in [4.78, 5) is 0. The zero-order valence-electron chi connectivity index (χ0n) is 10.9. The van der Waals surface area contributed by atoms with Crippen LogP contribution in [0.5, 0.6) is 0 Å². The fraction of sp³-hybridized carbons (Fsp3) is 0.444. The van der Waals surface area contributed by atoms with E-state index >= 15 is 0 Å². The van der Waals surface area contributed by atoms with Gasteiger partial charge in [0.1, 0.15) is 0 Å². The number of hydrogen-bond donors (Lipinski definition) is 0. The lowest BCUT2D eigenvalue weighted by atomic mass is 9.81. The molecule has 0 atom stereocenters. The molecule has 1 fully saturated rings. The Hall–Kier alpha value is -1.30. The second-order valence-corrected chi connectivity index (χ2v) is 5.99. The maximum absolute atomic E-state index is 2.43. The van der Waals surface area contributed by atoms with E-state index in [4.69, 9.17) is 0 Å². The first-order chi connectivity index (χ1) is 8.93. The molecule has 18 heavy (non-hydrogen) atoms. The van der Waals surface area contributed by atoms with Crippen LogP contribution in [0.2, 0.25) is 0 Å². The Labute approximate surface area is 109 Å². The quantitative estimate of drug-likeness (QED) is 0.654. The van der Waals surface area contributed by atoms with E-state index in [-0.39, 0.29) is 0 Å². The molecule has 0 spiro atoms. The van der Waals surface area contributed by atoms with Crippen molar-refractivity contribution in [3.63, 3.8) is 0 Å². The predicted molar refractivity (Wildman–Crippen MR) is 77.2 cm³/mol. The molecule has 2 aromatic carbocycles. The van der Waals surface area contributed by atoms with Crippen molar-refractivity contribution in [1.82, 2.24) is 0 Å². The maximum atomic E-state index is 2.43. The van der Waals surface area contributed by atoms with Crippen molar-refractivity contribution in [1.29, 1.82) is 0 Å². The molecule has 0 unspecified atom stereocenters. The van der Waals surface area contributed by atoms with E-state index in [9.17, 15) is 0 Å². The third kappa shape index (κ3) is 1.51. The lowest BCUT2D eigenvalue weighted by Crippen LogP contribution is -2.05. The molecule has 4 rings (SSSR count). The van der Waals surface area contributed by atoms with Gasteiger partial charge in [0, 0.05) is 0 Å². The SMILES string of the molecule is c1cc2c3c(ccc(C4CCCCC4)c3c1)CC2. The third-order valence-electron chi connectivity index (χ3n) is 4.96. The molecule has 0 aliphatic heterocycles. The molecule has 0 heteroatoms. The minimum atomic E-state index is 0.823. The Morgan fingerprint density at radius 2 is 1.56 bits per heavy atom. The van der Waals surface area contributed by atoms with E-state index in [2.05, 4.69) is 30.3 Å². The number of rotatable bonds is 1. The van der Waals surface area contributed by atoms with Crippen LogP contribution < -0.4 is 0 Å². The Bertz CT molecular complexity index is 578. The fourth-order valence-electron chi connectivity index (χ4n) is 4.04. The van der Waals surface area contributed by atoms with E-state index < -0.39 is 0 Å². The Morgan fingerprint density at radius 1 is 0.778 bits per heavy atom. The molecule has 0 bridgehead atoms. The smallest absolute Gasteiger partial charge is 0.0117 e. The van der Waals surface area contributed by atoms with Crippen LogP contribution in [0.15, 0.2) is 30.3 Å². The first kappa shape index (κ1) is 10.6. The lowest BCUT2D eigenvalue weighted by molar-refractivity contribution is 0.445. The van der Waals surface area contributed by atoms with Gasteiger partial charge in [0.2, 0.25) is 0 Å². The molecular weight excluding hydrogens is 216 g/mol. The molecule has 0 nitrogen and oxygen atoms in total. The van der Waals surface area contributed by atoms with Gasteiger partial charge in [-0.3, -0.25) is 0 Å². The van der Waals surface area contributed by atoms with Crippen LogP contribution >= 0.6 is 0 Å². The van der Waals surface area contributed by atoms with Gasteiger partial charge < -0.3 is 0 Å². The average molecular weight is 236 g/mol. The summed E-state index contributed by atoms with van der Waals surface area (Å²) < 4.78 is 0. The third-order valence-corrected chi connectivity index (χ3v) is 4.96. The molecule has 0 aromatic heterocycles. The highest BCUT2D eigenvalue weighted by molar-refractivity contribution is 5.93. The highest BCUT2D eigenvalue weighted by Crippen LogP contribution is 2.40. The molecule has 0 amide bonds. The topological polar surface area (TPSA) is 0 Å². The monoisotopic (exact) mass is 236 g/mol. The summed E-state index contributed by atoms with van der Waals surface area (Å²) in [6, 6.07) is 11.8. The minimum absolute atomic E-state index is 0.823. The molecule has 0 N–H and O–H groups in total. The molecule has 92 valence electrons. The van der Waals surface area contributed by atoms with Crippen molar-refractivity contribution in [2.24, 2.45) is 0 Å². The van der Waals surface area contributed by atoms with Gasteiger partial charge >= 0.3 is 0 Å². The number of hydrogen-bond acceptors (Lipinski definition) is 0. The van der Waals surface area contributed by atoms with Gasteiger partial charge in [-0.25, -0.2) is 0 Å². The van der Waals surface area contributed by atoms with E-state index in [0.29, 0.717) is 0 Å². The van der Waals surface area contributed by atoms with Gasteiger partial charge in [-0.1, -0.05) is 49.6 Å². The summed E-state index contributed by atoms with van der Waals surface area (Å²) in [7, 11) is 0. The maximum Gasteiger partial charge on any atom is -0.0117 e. The van der Waals surface area contributed by atoms with E-state index in [1.165, 1.54) is 44.9 Å². The minimum Gasteiger partial charge on any atom is -0.0613 e. The van der Waals surface area contributed by atoms with Crippen molar-refractivity contribution in [2.45, 2.75) is 50.9 Å². The van der Waals surface area contributed by atoms with Crippen LogP contribution in [0, 0.1) is 0 Å². The second-order valence-electron chi connectivity index (χ2n) is 5.99. The highest BCUT2D eigenvalue weighted by atomic mass is 14.3. The van der Waals surface area contributed by atoms with Crippen LogP contribution in [-0.2, 0) is 12.8 Å². The zero-order chi connectivity index (χ0) is 11.9. The summed E-state index contributed by atoms with van der Waals surface area (Å²) in [5.41, 5.74) is 4.80. The first-order valence-corrected chi connectivity index (χ1v) is 7.47.